The number of aromatic amines is 1. The van der Waals surface area contributed by atoms with E-state index in [0.29, 0.717) is 0 Å². The highest BCUT2D eigenvalue weighted by Gasteiger charge is 2.13. The van der Waals surface area contributed by atoms with Crippen molar-refractivity contribution in [3.63, 3.8) is 0 Å². The first-order chi connectivity index (χ1) is 11.1. The number of H-pyrrole nitrogens is 1. The fraction of sp³-hybridized carbons (Fsp3) is 0. The largest absolute Gasteiger partial charge is 0.504 e. The third-order valence-corrected chi connectivity index (χ3v) is 3.32. The minimum absolute atomic E-state index is 0. The number of carbonyl (C=O) groups excluding carboxylic acids is 1. The lowest BCUT2D eigenvalue weighted by Gasteiger charge is -2.04. The molecule has 3 rings (SSSR count). The van der Waals surface area contributed by atoms with E-state index in [9.17, 15) is 20.1 Å². The number of amides is 1. The summed E-state index contributed by atoms with van der Waals surface area (Å²) in [6.45, 7) is 0. The predicted octanol–water partition coefficient (Wildman–Crippen LogP) is -2.07. The van der Waals surface area contributed by atoms with Gasteiger partial charge in [0, 0.05) is 28.2 Å². The Kier molecular flexibility index (Phi) is 12.3. The van der Waals surface area contributed by atoms with E-state index in [1.54, 1.807) is 6.20 Å². The zero-order chi connectivity index (χ0) is 16.4. The SMILES string of the molecule is O.O.O.O.O.O=C(N/N=C/c1c[nH]c2ccccc12)c1cc(O)c(O)c(O)c1. The normalized spacial score (nSPS) is 9.14. The Morgan fingerprint density at radius 2 is 1.54 bits per heavy atom. The molecule has 1 amide bonds. The third-order valence-electron chi connectivity index (χ3n) is 3.32. The Morgan fingerprint density at radius 1 is 0.964 bits per heavy atom. The number of fused-ring (bicyclic) bond motifs is 1. The van der Waals surface area contributed by atoms with Gasteiger partial charge in [0.15, 0.2) is 17.2 Å². The van der Waals surface area contributed by atoms with Gasteiger partial charge in [0.1, 0.15) is 0 Å². The summed E-state index contributed by atoms with van der Waals surface area (Å²) in [7, 11) is 0. The van der Waals surface area contributed by atoms with E-state index >= 15 is 0 Å². The maximum atomic E-state index is 11.9. The van der Waals surface area contributed by atoms with E-state index in [1.807, 2.05) is 24.3 Å². The lowest BCUT2D eigenvalue weighted by molar-refractivity contribution is 0.0954. The monoisotopic (exact) mass is 401 g/mol. The van der Waals surface area contributed by atoms with Gasteiger partial charge in [0.05, 0.1) is 6.21 Å². The Labute approximate surface area is 157 Å². The van der Waals surface area contributed by atoms with Crippen LogP contribution in [0.15, 0.2) is 47.7 Å². The van der Waals surface area contributed by atoms with Crippen LogP contribution in [0.25, 0.3) is 10.9 Å². The van der Waals surface area contributed by atoms with Crippen molar-refractivity contribution in [1.82, 2.24) is 10.4 Å². The van der Waals surface area contributed by atoms with Gasteiger partial charge >= 0.3 is 0 Å². The van der Waals surface area contributed by atoms with Crippen LogP contribution in [0.4, 0.5) is 0 Å². The highest BCUT2D eigenvalue weighted by Crippen LogP contribution is 2.35. The number of para-hydroxylation sites is 1. The molecule has 0 aliphatic carbocycles. The minimum Gasteiger partial charge on any atom is -0.504 e. The molecule has 0 saturated heterocycles. The molecule has 0 aliphatic heterocycles. The molecule has 0 unspecified atom stereocenters. The van der Waals surface area contributed by atoms with Gasteiger partial charge in [-0.25, -0.2) is 5.43 Å². The number of aromatic nitrogens is 1. The molecule has 1 aromatic heterocycles. The molecular weight excluding hydrogens is 378 g/mol. The first-order valence-corrected chi connectivity index (χ1v) is 6.70. The van der Waals surface area contributed by atoms with Gasteiger partial charge in [-0.1, -0.05) is 18.2 Å². The fourth-order valence-corrected chi connectivity index (χ4v) is 2.16. The van der Waals surface area contributed by atoms with Crippen molar-refractivity contribution in [1.29, 1.82) is 0 Å². The topological polar surface area (TPSA) is 275 Å². The quantitative estimate of drug-likeness (QED) is 0.188. The van der Waals surface area contributed by atoms with Crippen LogP contribution in [0.3, 0.4) is 0 Å². The van der Waals surface area contributed by atoms with Crippen LogP contribution in [-0.4, -0.2) is 59.8 Å². The van der Waals surface area contributed by atoms with E-state index in [4.69, 9.17) is 0 Å². The maximum absolute atomic E-state index is 11.9. The smallest absolute Gasteiger partial charge is 0.271 e. The first-order valence-electron chi connectivity index (χ1n) is 6.70. The second kappa shape index (κ2) is 11.8. The highest BCUT2D eigenvalue weighted by molar-refractivity contribution is 6.00. The van der Waals surface area contributed by atoms with Gasteiger partial charge in [0.2, 0.25) is 0 Å². The summed E-state index contributed by atoms with van der Waals surface area (Å²) in [6, 6.07) is 9.72. The molecular formula is C16H23N3O9. The van der Waals surface area contributed by atoms with Crippen molar-refractivity contribution in [3.8, 4) is 17.2 Å². The third kappa shape index (κ3) is 5.66. The Balaban J connectivity index is -0.00000125. The molecule has 28 heavy (non-hydrogen) atoms. The van der Waals surface area contributed by atoms with E-state index in [1.165, 1.54) is 6.21 Å². The van der Waals surface area contributed by atoms with Gasteiger partial charge < -0.3 is 47.7 Å². The lowest BCUT2D eigenvalue weighted by Crippen LogP contribution is -2.17. The van der Waals surface area contributed by atoms with Crippen LogP contribution >= 0.6 is 0 Å². The Hall–Kier alpha value is -3.68. The second-order valence-corrected chi connectivity index (χ2v) is 4.85. The molecule has 15 N–H and O–H groups in total. The predicted molar refractivity (Wildman–Crippen MR) is 103 cm³/mol. The number of phenols is 3. The fourth-order valence-electron chi connectivity index (χ4n) is 2.16. The summed E-state index contributed by atoms with van der Waals surface area (Å²) >= 11 is 0. The average Bonchev–Trinajstić information content (AvgIpc) is 2.95. The first kappa shape index (κ1) is 29.1. The van der Waals surface area contributed by atoms with Gasteiger partial charge in [-0.2, -0.15) is 5.10 Å². The summed E-state index contributed by atoms with van der Waals surface area (Å²) in [4.78, 5) is 15.0. The van der Waals surface area contributed by atoms with Crippen molar-refractivity contribution >= 4 is 23.0 Å². The molecule has 0 spiro atoms. The molecule has 0 fully saturated rings. The Morgan fingerprint density at radius 3 is 2.14 bits per heavy atom. The van der Waals surface area contributed by atoms with Crippen molar-refractivity contribution in [2.75, 3.05) is 0 Å². The number of nitrogens with one attached hydrogen (secondary N) is 2. The molecule has 0 radical (unpaired) electrons. The van der Waals surface area contributed by atoms with Crippen molar-refractivity contribution in [2.45, 2.75) is 0 Å². The molecule has 3 aromatic rings. The number of nitrogens with zero attached hydrogens (tertiary/aromatic N) is 1. The molecule has 2 aromatic carbocycles. The number of hydrogen-bond acceptors (Lipinski definition) is 5. The lowest BCUT2D eigenvalue weighted by atomic mass is 10.2. The number of hydrogen-bond donors (Lipinski definition) is 5. The number of rotatable bonds is 3. The summed E-state index contributed by atoms with van der Waals surface area (Å²) < 4.78 is 0. The highest BCUT2D eigenvalue weighted by atomic mass is 16.3. The van der Waals surface area contributed by atoms with Crippen LogP contribution in [0.1, 0.15) is 15.9 Å². The van der Waals surface area contributed by atoms with Crippen LogP contribution in [0, 0.1) is 0 Å². The van der Waals surface area contributed by atoms with E-state index in [-0.39, 0.29) is 32.9 Å². The van der Waals surface area contributed by atoms with Crippen molar-refractivity contribution in [2.24, 2.45) is 5.10 Å². The number of benzene rings is 2. The van der Waals surface area contributed by atoms with Gasteiger partial charge in [-0.15, -0.1) is 0 Å². The van der Waals surface area contributed by atoms with Crippen molar-refractivity contribution < 1.29 is 47.5 Å². The maximum Gasteiger partial charge on any atom is 0.271 e. The van der Waals surface area contributed by atoms with Crippen LogP contribution in [-0.2, 0) is 0 Å². The van der Waals surface area contributed by atoms with Crippen molar-refractivity contribution in [3.05, 3.63) is 53.7 Å². The molecule has 0 aliphatic rings. The number of carbonyl (C=O) groups is 1. The Bertz CT molecular complexity index is 902. The molecule has 156 valence electrons. The molecule has 0 atom stereocenters. The summed E-state index contributed by atoms with van der Waals surface area (Å²) in [5.74, 6) is -2.48. The molecule has 12 nitrogen and oxygen atoms in total. The van der Waals surface area contributed by atoms with E-state index < -0.39 is 23.2 Å². The second-order valence-electron chi connectivity index (χ2n) is 4.85. The van der Waals surface area contributed by atoms with Gasteiger partial charge in [0.25, 0.3) is 5.91 Å². The summed E-state index contributed by atoms with van der Waals surface area (Å²) in [5.41, 5.74) is 4.01. The number of hydrazone groups is 1. The molecule has 0 bridgehead atoms. The standard InChI is InChI=1S/C16H13N3O4.5H2O/c20-13-5-9(6-14(21)15(13)22)16(23)19-18-8-10-7-17-12-4-2-1-3-11(10)12;;;;;/h1-8,17,20-22H,(H,19,23);5*1H2/b18-8+;;;;;. The number of phenolic OH excluding ortho intramolecular Hbond substituents is 3. The molecule has 12 heteroatoms. The zero-order valence-electron chi connectivity index (χ0n) is 14.3. The van der Waals surface area contributed by atoms with Crippen LogP contribution < -0.4 is 5.43 Å². The molecule has 1 heterocycles. The summed E-state index contributed by atoms with van der Waals surface area (Å²) in [5, 5.41) is 32.8. The van der Waals surface area contributed by atoms with Gasteiger partial charge in [-0.3, -0.25) is 4.79 Å². The van der Waals surface area contributed by atoms with Gasteiger partial charge in [-0.05, 0) is 18.2 Å². The summed E-state index contributed by atoms with van der Waals surface area (Å²) in [6.07, 6.45) is 3.25. The van der Waals surface area contributed by atoms with Crippen LogP contribution in [0.5, 0.6) is 17.2 Å². The van der Waals surface area contributed by atoms with Crippen LogP contribution in [0.2, 0.25) is 0 Å². The molecule has 0 saturated carbocycles. The zero-order valence-corrected chi connectivity index (χ0v) is 14.3. The van der Waals surface area contributed by atoms with E-state index in [0.717, 1.165) is 28.6 Å². The number of aromatic hydroxyl groups is 3. The minimum atomic E-state index is -0.677. The van der Waals surface area contributed by atoms with E-state index in [2.05, 4.69) is 15.5 Å². The average molecular weight is 401 g/mol.